The van der Waals surface area contributed by atoms with Crippen molar-refractivity contribution < 1.29 is 9.72 Å². The number of nitro benzene ring substituents is 1. The summed E-state index contributed by atoms with van der Waals surface area (Å²) in [4.78, 5) is 48.7. The van der Waals surface area contributed by atoms with Crippen LogP contribution in [0.4, 0.5) is 5.69 Å². The third kappa shape index (κ3) is 4.04. The number of carbonyl (C=O) groups is 1. The van der Waals surface area contributed by atoms with Gasteiger partial charge in [0, 0.05) is 23.2 Å². The molecule has 1 amide bonds. The second-order valence-electron chi connectivity index (χ2n) is 6.67. The maximum absolute atomic E-state index is 13.1. The fourth-order valence-electron chi connectivity index (χ4n) is 2.96. The largest absolute Gasteiger partial charge is 0.352 e. The van der Waals surface area contributed by atoms with Crippen LogP contribution in [-0.4, -0.2) is 26.0 Å². The fraction of sp³-hybridized carbons (Fsp3) is 0.211. The molecule has 0 atom stereocenters. The minimum Gasteiger partial charge on any atom is -0.352 e. The summed E-state index contributed by atoms with van der Waals surface area (Å²) in [6.45, 7) is 3.25. The summed E-state index contributed by atoms with van der Waals surface area (Å²) >= 11 is 6.03. The zero-order valence-corrected chi connectivity index (χ0v) is 16.3. The van der Waals surface area contributed by atoms with E-state index in [9.17, 15) is 24.5 Å². The minimum absolute atomic E-state index is 0.131. The van der Waals surface area contributed by atoms with E-state index >= 15 is 0 Å². The molecule has 1 N–H and O–H groups in total. The lowest BCUT2D eigenvalue weighted by Gasteiger charge is -2.15. The van der Waals surface area contributed by atoms with Crippen LogP contribution in [0.3, 0.4) is 0 Å². The van der Waals surface area contributed by atoms with E-state index in [4.69, 9.17) is 11.6 Å². The van der Waals surface area contributed by atoms with Gasteiger partial charge in [-0.25, -0.2) is 9.36 Å². The van der Waals surface area contributed by atoms with Crippen molar-refractivity contribution in [3.05, 3.63) is 78.4 Å². The monoisotopic (exact) mass is 416 g/mol. The van der Waals surface area contributed by atoms with Crippen LogP contribution in [0, 0.1) is 10.1 Å². The Hall–Kier alpha value is -3.46. The highest BCUT2D eigenvalue weighted by atomic mass is 35.5. The summed E-state index contributed by atoms with van der Waals surface area (Å²) in [6, 6.07) is 9.30. The molecule has 1 heterocycles. The number of aromatic nitrogens is 2. The number of benzene rings is 2. The second-order valence-corrected chi connectivity index (χ2v) is 7.10. The van der Waals surface area contributed by atoms with Crippen LogP contribution in [-0.2, 0) is 11.3 Å². The minimum atomic E-state index is -0.752. The second kappa shape index (κ2) is 7.88. The number of amides is 1. The molecule has 3 aromatic rings. The average molecular weight is 417 g/mol. The van der Waals surface area contributed by atoms with E-state index in [0.29, 0.717) is 5.02 Å². The van der Waals surface area contributed by atoms with Crippen molar-refractivity contribution in [3.8, 4) is 5.69 Å². The van der Waals surface area contributed by atoms with Crippen molar-refractivity contribution in [1.82, 2.24) is 14.5 Å². The third-order valence-corrected chi connectivity index (χ3v) is 4.41. The summed E-state index contributed by atoms with van der Waals surface area (Å²) in [5, 5.41) is 14.1. The van der Waals surface area contributed by atoms with Crippen LogP contribution >= 0.6 is 11.6 Å². The molecule has 10 heteroatoms. The van der Waals surface area contributed by atoms with Gasteiger partial charge in [-0.15, -0.1) is 0 Å². The standard InChI is InChI=1S/C19H17ClN4O5/c1-11(2)21-17(25)10-22-16-9-12(20)3-8-15(16)18(26)23(19(22)27)13-4-6-14(7-5-13)24(28)29/h3-9,11H,10H2,1-2H3,(H,21,25). The maximum atomic E-state index is 13.1. The zero-order chi connectivity index (χ0) is 21.3. The lowest BCUT2D eigenvalue weighted by molar-refractivity contribution is -0.384. The molecule has 0 spiro atoms. The molecule has 150 valence electrons. The first-order valence-electron chi connectivity index (χ1n) is 8.68. The van der Waals surface area contributed by atoms with E-state index in [0.717, 1.165) is 9.13 Å². The molecule has 0 fully saturated rings. The van der Waals surface area contributed by atoms with E-state index in [1.807, 2.05) is 0 Å². The summed E-state index contributed by atoms with van der Waals surface area (Å²) in [5.74, 6) is -0.405. The van der Waals surface area contributed by atoms with Crippen LogP contribution in [0.1, 0.15) is 13.8 Å². The molecule has 0 saturated heterocycles. The van der Waals surface area contributed by atoms with Gasteiger partial charge >= 0.3 is 5.69 Å². The van der Waals surface area contributed by atoms with E-state index < -0.39 is 22.1 Å². The molecule has 0 aliphatic rings. The highest BCUT2D eigenvalue weighted by molar-refractivity contribution is 6.31. The van der Waals surface area contributed by atoms with Crippen LogP contribution in [0.15, 0.2) is 52.1 Å². The highest BCUT2D eigenvalue weighted by Crippen LogP contribution is 2.18. The zero-order valence-electron chi connectivity index (χ0n) is 15.6. The number of rotatable bonds is 5. The molecular formula is C19H17ClN4O5. The molecular weight excluding hydrogens is 400 g/mol. The van der Waals surface area contributed by atoms with E-state index in [1.54, 1.807) is 13.8 Å². The Kier molecular flexibility index (Phi) is 5.51. The van der Waals surface area contributed by atoms with Gasteiger partial charge in [-0.3, -0.25) is 24.3 Å². The molecule has 0 aliphatic heterocycles. The van der Waals surface area contributed by atoms with Gasteiger partial charge in [-0.05, 0) is 44.2 Å². The number of nitro groups is 1. The molecule has 0 aliphatic carbocycles. The number of fused-ring (bicyclic) bond motifs is 1. The topological polar surface area (TPSA) is 116 Å². The summed E-state index contributed by atoms with van der Waals surface area (Å²) in [5.41, 5.74) is -1.16. The van der Waals surface area contributed by atoms with Gasteiger partial charge in [0.05, 0.1) is 21.5 Å². The molecule has 0 radical (unpaired) electrons. The Bertz CT molecular complexity index is 1230. The van der Waals surface area contributed by atoms with Crippen molar-refractivity contribution in [2.45, 2.75) is 26.4 Å². The summed E-state index contributed by atoms with van der Waals surface area (Å²) in [6.07, 6.45) is 0. The van der Waals surface area contributed by atoms with E-state index in [1.165, 1.54) is 42.5 Å². The maximum Gasteiger partial charge on any atom is 0.336 e. The molecule has 0 bridgehead atoms. The molecule has 3 rings (SSSR count). The van der Waals surface area contributed by atoms with Gasteiger partial charge in [-0.2, -0.15) is 0 Å². The van der Waals surface area contributed by atoms with Crippen molar-refractivity contribution in [1.29, 1.82) is 0 Å². The molecule has 1 aromatic heterocycles. The first-order chi connectivity index (χ1) is 13.7. The smallest absolute Gasteiger partial charge is 0.336 e. The SMILES string of the molecule is CC(C)NC(=O)Cn1c(=O)n(-c2ccc([N+](=O)[O-])cc2)c(=O)c2ccc(Cl)cc21. The number of nitrogens with zero attached hydrogens (tertiary/aromatic N) is 3. The van der Waals surface area contributed by atoms with Crippen molar-refractivity contribution >= 4 is 34.1 Å². The Labute approximate surface area is 169 Å². The Morgan fingerprint density at radius 2 is 1.83 bits per heavy atom. The van der Waals surface area contributed by atoms with Gasteiger partial charge in [-0.1, -0.05) is 11.6 Å². The van der Waals surface area contributed by atoms with Crippen LogP contribution in [0.25, 0.3) is 16.6 Å². The number of non-ortho nitro benzene ring substituents is 1. The molecule has 29 heavy (non-hydrogen) atoms. The van der Waals surface area contributed by atoms with Crippen LogP contribution in [0.2, 0.25) is 5.02 Å². The normalized spacial score (nSPS) is 11.0. The van der Waals surface area contributed by atoms with Gasteiger partial charge < -0.3 is 5.32 Å². The predicted molar refractivity (Wildman–Crippen MR) is 109 cm³/mol. The Balaban J connectivity index is 2.27. The number of halogens is 1. The van der Waals surface area contributed by atoms with E-state index in [2.05, 4.69) is 5.32 Å². The van der Waals surface area contributed by atoms with Crippen molar-refractivity contribution in [2.75, 3.05) is 0 Å². The molecule has 0 unspecified atom stereocenters. The van der Waals surface area contributed by atoms with E-state index in [-0.39, 0.29) is 34.9 Å². The van der Waals surface area contributed by atoms with Gasteiger partial charge in [0.15, 0.2) is 0 Å². The quantitative estimate of drug-likeness (QED) is 0.505. The number of nitrogens with one attached hydrogen (secondary N) is 1. The predicted octanol–water partition coefficient (Wildman–Crippen LogP) is 2.24. The van der Waals surface area contributed by atoms with Crippen LogP contribution < -0.4 is 16.6 Å². The first-order valence-corrected chi connectivity index (χ1v) is 9.06. The van der Waals surface area contributed by atoms with Gasteiger partial charge in [0.25, 0.3) is 11.2 Å². The van der Waals surface area contributed by atoms with Crippen molar-refractivity contribution in [3.63, 3.8) is 0 Å². The number of hydrogen-bond donors (Lipinski definition) is 1. The molecule has 0 saturated carbocycles. The Morgan fingerprint density at radius 3 is 2.41 bits per heavy atom. The van der Waals surface area contributed by atoms with Gasteiger partial charge in [0.1, 0.15) is 6.54 Å². The van der Waals surface area contributed by atoms with Crippen molar-refractivity contribution in [2.24, 2.45) is 0 Å². The number of hydrogen-bond acceptors (Lipinski definition) is 5. The average Bonchev–Trinajstić information content (AvgIpc) is 2.65. The molecule has 9 nitrogen and oxygen atoms in total. The highest BCUT2D eigenvalue weighted by Gasteiger charge is 2.18. The summed E-state index contributed by atoms with van der Waals surface area (Å²) in [7, 11) is 0. The third-order valence-electron chi connectivity index (χ3n) is 4.18. The summed E-state index contributed by atoms with van der Waals surface area (Å²) < 4.78 is 2.03. The van der Waals surface area contributed by atoms with Gasteiger partial charge in [0.2, 0.25) is 5.91 Å². The Morgan fingerprint density at radius 1 is 1.17 bits per heavy atom. The fourth-order valence-corrected chi connectivity index (χ4v) is 3.12. The first kappa shape index (κ1) is 20.3. The molecule has 2 aromatic carbocycles. The number of carbonyl (C=O) groups excluding carboxylic acids is 1. The van der Waals surface area contributed by atoms with Crippen LogP contribution in [0.5, 0.6) is 0 Å². The lowest BCUT2D eigenvalue weighted by atomic mass is 10.2. The lowest BCUT2D eigenvalue weighted by Crippen LogP contribution is -2.42.